The summed E-state index contributed by atoms with van der Waals surface area (Å²) in [4.78, 5) is 60.3. The zero-order chi connectivity index (χ0) is 25.3. The van der Waals surface area contributed by atoms with E-state index in [-0.39, 0.29) is 18.8 Å². The molecule has 2 atom stereocenters. The molecule has 34 heavy (non-hydrogen) atoms. The van der Waals surface area contributed by atoms with Crippen LogP contribution in [0.25, 0.3) is 0 Å². The lowest BCUT2D eigenvalue weighted by molar-refractivity contribution is -0.241. The van der Waals surface area contributed by atoms with Gasteiger partial charge in [0.05, 0.1) is 6.04 Å². The van der Waals surface area contributed by atoms with E-state index in [4.69, 9.17) is 9.62 Å². The zero-order valence-electron chi connectivity index (χ0n) is 20.5. The fourth-order valence-electron chi connectivity index (χ4n) is 3.43. The van der Waals surface area contributed by atoms with Gasteiger partial charge in [-0.3, -0.25) is 4.79 Å². The van der Waals surface area contributed by atoms with Gasteiger partial charge in [0.1, 0.15) is 11.5 Å². The van der Waals surface area contributed by atoms with Crippen molar-refractivity contribution in [1.82, 2.24) is 15.8 Å². The van der Waals surface area contributed by atoms with E-state index in [9.17, 15) is 19.2 Å². The molecule has 1 unspecified atom stereocenters. The first-order chi connectivity index (χ1) is 16.0. The minimum Gasteiger partial charge on any atom is -0.444 e. The molecule has 0 aromatic heterocycles. The van der Waals surface area contributed by atoms with Crippen LogP contribution in [0.15, 0.2) is 30.3 Å². The molecule has 1 heterocycles. The number of carbonyl (C=O) groups is 4. The summed E-state index contributed by atoms with van der Waals surface area (Å²) in [6, 6.07) is 7.93. The summed E-state index contributed by atoms with van der Waals surface area (Å²) in [6.07, 6.45) is -0.588. The second kappa shape index (κ2) is 12.4. The third-order valence-corrected chi connectivity index (χ3v) is 4.93. The molecule has 1 fully saturated rings. The Hall–Kier alpha value is -3.14. The predicted molar refractivity (Wildman–Crippen MR) is 123 cm³/mol. The van der Waals surface area contributed by atoms with E-state index >= 15 is 0 Å². The number of nitrogens with zero attached hydrogens (tertiary/aromatic N) is 1. The van der Waals surface area contributed by atoms with Crippen molar-refractivity contribution < 1.29 is 33.7 Å². The molecular formula is C24H35N3O7. The van der Waals surface area contributed by atoms with Gasteiger partial charge in [0.2, 0.25) is 0 Å². The highest BCUT2D eigenvalue weighted by Crippen LogP contribution is 2.18. The number of amides is 2. The van der Waals surface area contributed by atoms with Gasteiger partial charge in [-0.15, -0.1) is 0 Å². The van der Waals surface area contributed by atoms with Crippen molar-refractivity contribution in [3.63, 3.8) is 0 Å². The lowest BCUT2D eigenvalue weighted by Gasteiger charge is -2.26. The van der Waals surface area contributed by atoms with Crippen molar-refractivity contribution >= 4 is 23.9 Å². The van der Waals surface area contributed by atoms with Gasteiger partial charge in [0.15, 0.2) is 5.78 Å². The highest BCUT2D eigenvalue weighted by Gasteiger charge is 2.37. The first-order valence-corrected chi connectivity index (χ1v) is 11.5. The molecule has 2 amide bonds. The number of hydrogen-bond acceptors (Lipinski definition) is 8. The van der Waals surface area contributed by atoms with E-state index in [0.717, 1.165) is 6.42 Å². The molecule has 10 heteroatoms. The van der Waals surface area contributed by atoms with E-state index in [1.165, 1.54) is 5.01 Å². The van der Waals surface area contributed by atoms with E-state index in [0.29, 0.717) is 18.7 Å². The lowest BCUT2D eigenvalue weighted by atomic mass is 9.88. The van der Waals surface area contributed by atoms with Crippen molar-refractivity contribution in [2.24, 2.45) is 11.8 Å². The van der Waals surface area contributed by atoms with Crippen LogP contribution in [-0.4, -0.2) is 53.7 Å². The largest absolute Gasteiger partial charge is 0.466 e. The number of carbonyl (C=O) groups excluding carboxylic acids is 4. The molecular weight excluding hydrogens is 442 g/mol. The minimum atomic E-state index is -1.31. The maximum Gasteiger partial charge on any atom is 0.466 e. The Morgan fingerprint density at radius 1 is 1.09 bits per heavy atom. The van der Waals surface area contributed by atoms with Crippen molar-refractivity contribution in [3.05, 3.63) is 35.9 Å². The maximum atomic E-state index is 13.5. The fraction of sp³-hybridized carbons (Fsp3) is 0.583. The molecule has 0 radical (unpaired) electrons. The van der Waals surface area contributed by atoms with Crippen LogP contribution in [0.2, 0.25) is 0 Å². The number of benzene rings is 1. The van der Waals surface area contributed by atoms with Crippen LogP contribution in [0.5, 0.6) is 0 Å². The number of hydrazine groups is 1. The van der Waals surface area contributed by atoms with Crippen LogP contribution in [0.1, 0.15) is 53.0 Å². The summed E-state index contributed by atoms with van der Waals surface area (Å²) in [5, 5.41) is 3.78. The van der Waals surface area contributed by atoms with Gasteiger partial charge in [0.25, 0.3) is 0 Å². The molecule has 1 aliphatic rings. The Balaban J connectivity index is 2.19. The summed E-state index contributed by atoms with van der Waals surface area (Å²) in [7, 11) is 0. The van der Waals surface area contributed by atoms with Crippen molar-refractivity contribution in [2.45, 2.75) is 65.5 Å². The minimum absolute atomic E-state index is 0.0165. The molecule has 188 valence electrons. The second-order valence-corrected chi connectivity index (χ2v) is 9.64. The molecule has 1 aliphatic heterocycles. The van der Waals surface area contributed by atoms with E-state index in [1.807, 2.05) is 19.9 Å². The van der Waals surface area contributed by atoms with Crippen molar-refractivity contribution in [1.29, 1.82) is 0 Å². The van der Waals surface area contributed by atoms with Gasteiger partial charge in [-0.05, 0) is 51.5 Å². The van der Waals surface area contributed by atoms with Gasteiger partial charge < -0.3 is 10.1 Å². The number of Topliss-reactive ketones (excluding diaryl/α,β-unsaturated/α-hetero) is 1. The monoisotopic (exact) mass is 477 g/mol. The van der Waals surface area contributed by atoms with Gasteiger partial charge in [0, 0.05) is 13.1 Å². The first-order valence-electron chi connectivity index (χ1n) is 11.5. The number of ether oxygens (including phenoxy) is 1. The molecule has 0 spiro atoms. The summed E-state index contributed by atoms with van der Waals surface area (Å²) >= 11 is 0. The van der Waals surface area contributed by atoms with Crippen LogP contribution >= 0.6 is 0 Å². The van der Waals surface area contributed by atoms with Crippen LogP contribution in [0.4, 0.5) is 9.59 Å². The number of nitrogens with one attached hydrogen (secondary N) is 2. The van der Waals surface area contributed by atoms with Gasteiger partial charge in [-0.25, -0.2) is 34.6 Å². The van der Waals surface area contributed by atoms with Crippen molar-refractivity contribution in [2.75, 3.05) is 13.1 Å². The molecule has 0 saturated carbocycles. The van der Waals surface area contributed by atoms with Gasteiger partial charge >= 0.3 is 18.2 Å². The summed E-state index contributed by atoms with van der Waals surface area (Å²) < 4.78 is 5.29. The van der Waals surface area contributed by atoms with Crippen LogP contribution in [-0.2, 0) is 30.5 Å². The predicted octanol–water partition coefficient (Wildman–Crippen LogP) is 3.16. The lowest BCUT2D eigenvalue weighted by Crippen LogP contribution is -2.48. The number of hydrogen-bond donors (Lipinski definition) is 2. The van der Waals surface area contributed by atoms with Gasteiger partial charge in [-0.2, -0.15) is 0 Å². The smallest absolute Gasteiger partial charge is 0.444 e. The normalized spacial score (nSPS) is 15.4. The molecule has 2 N–H and O–H groups in total. The third kappa shape index (κ3) is 9.01. The Labute approximate surface area is 200 Å². The summed E-state index contributed by atoms with van der Waals surface area (Å²) in [5.74, 6) is -2.83. The van der Waals surface area contributed by atoms with Crippen molar-refractivity contribution in [3.8, 4) is 0 Å². The first kappa shape index (κ1) is 27.1. The summed E-state index contributed by atoms with van der Waals surface area (Å²) in [5.41, 5.74) is 2.75. The average molecular weight is 478 g/mol. The molecule has 1 aromatic carbocycles. The fourth-order valence-corrected chi connectivity index (χ4v) is 3.43. The number of ketones is 1. The van der Waals surface area contributed by atoms with E-state index in [1.54, 1.807) is 45.0 Å². The maximum absolute atomic E-state index is 13.5. The number of alkyl carbamates (subject to hydrolysis) is 1. The molecule has 0 aliphatic carbocycles. The van der Waals surface area contributed by atoms with Crippen LogP contribution in [0.3, 0.4) is 0 Å². The third-order valence-electron chi connectivity index (χ3n) is 4.93. The second-order valence-electron chi connectivity index (χ2n) is 9.64. The number of rotatable bonds is 8. The topological polar surface area (TPSA) is 123 Å². The Morgan fingerprint density at radius 2 is 1.76 bits per heavy atom. The SMILES string of the molecule is CC(C)C[C@H](NC(=O)OC(C)(C)C)C(=O)C(Cc1ccccc1)C(=O)OOC(=O)N1CCCN1. The van der Waals surface area contributed by atoms with Crippen LogP contribution < -0.4 is 10.7 Å². The zero-order valence-corrected chi connectivity index (χ0v) is 20.5. The standard InChI is InChI=1S/C24H35N3O7/c1-16(2)14-19(26-22(30)32-24(3,4)5)20(28)18(15-17-10-7-6-8-11-17)21(29)33-34-23(31)27-13-9-12-25-27/h6-8,10-11,16,18-19,25H,9,12-15H2,1-5H3,(H,26,30)/t18?,19-/m0/s1. The summed E-state index contributed by atoms with van der Waals surface area (Å²) in [6.45, 7) is 9.95. The quantitative estimate of drug-likeness (QED) is 0.333. The average Bonchev–Trinajstić information content (AvgIpc) is 3.29. The highest BCUT2D eigenvalue weighted by molar-refractivity contribution is 6.03. The van der Waals surface area contributed by atoms with E-state index < -0.39 is 41.5 Å². The molecule has 10 nitrogen and oxygen atoms in total. The molecule has 1 aromatic rings. The van der Waals surface area contributed by atoms with Gasteiger partial charge in [-0.1, -0.05) is 44.2 Å². The Kier molecular flexibility index (Phi) is 9.85. The van der Waals surface area contributed by atoms with Crippen LogP contribution in [0, 0.1) is 11.8 Å². The Morgan fingerprint density at radius 3 is 2.32 bits per heavy atom. The molecule has 2 rings (SSSR count). The molecule has 1 saturated heterocycles. The Bertz CT molecular complexity index is 846. The highest BCUT2D eigenvalue weighted by atomic mass is 17.2. The molecule has 0 bridgehead atoms. The van der Waals surface area contributed by atoms with E-state index in [2.05, 4.69) is 15.6 Å².